The van der Waals surface area contributed by atoms with Crippen molar-refractivity contribution in [3.05, 3.63) is 34.3 Å². The molecule has 0 aliphatic rings. The molecule has 0 aliphatic carbocycles. The van der Waals surface area contributed by atoms with Gasteiger partial charge in [0.05, 0.1) is 5.52 Å². The lowest BCUT2D eigenvalue weighted by atomic mass is 9.84. The Labute approximate surface area is 112 Å². The van der Waals surface area contributed by atoms with Crippen molar-refractivity contribution >= 4 is 11.1 Å². The fourth-order valence-corrected chi connectivity index (χ4v) is 2.10. The normalized spacial score (nSPS) is 12.2. The van der Waals surface area contributed by atoms with E-state index in [0.717, 1.165) is 30.6 Å². The van der Waals surface area contributed by atoms with Gasteiger partial charge in [0, 0.05) is 12.0 Å². The highest BCUT2D eigenvalue weighted by molar-refractivity contribution is 5.73. The zero-order valence-electron chi connectivity index (χ0n) is 11.5. The summed E-state index contributed by atoms with van der Waals surface area (Å²) in [5.41, 5.74) is 7.93. The van der Waals surface area contributed by atoms with Crippen LogP contribution in [0.5, 0.6) is 0 Å². The van der Waals surface area contributed by atoms with E-state index in [1.54, 1.807) is 0 Å². The summed E-state index contributed by atoms with van der Waals surface area (Å²) in [6.07, 6.45) is 0.974. The third kappa shape index (κ3) is 3.24. The van der Waals surface area contributed by atoms with Crippen molar-refractivity contribution in [3.63, 3.8) is 0 Å². The first kappa shape index (κ1) is 13.8. The Morgan fingerprint density at radius 3 is 2.95 bits per heavy atom. The van der Waals surface area contributed by atoms with Crippen LogP contribution in [0.4, 0.5) is 0 Å². The highest BCUT2D eigenvalue weighted by atomic mass is 16.4. The summed E-state index contributed by atoms with van der Waals surface area (Å²) in [5, 5.41) is 3.40. The third-order valence-corrected chi connectivity index (χ3v) is 3.33. The molecule has 4 N–H and O–H groups in total. The summed E-state index contributed by atoms with van der Waals surface area (Å²) in [6, 6.07) is 5.84. The zero-order valence-corrected chi connectivity index (χ0v) is 11.5. The number of nitrogens with two attached hydrogens (primary N) is 1. The zero-order chi connectivity index (χ0) is 13.9. The molecule has 0 atom stereocenters. The van der Waals surface area contributed by atoms with Crippen LogP contribution in [0.1, 0.15) is 25.8 Å². The molecule has 104 valence electrons. The summed E-state index contributed by atoms with van der Waals surface area (Å²) in [5.74, 6) is -0.411. The van der Waals surface area contributed by atoms with E-state index in [1.807, 2.05) is 18.2 Å². The number of nitrogens with one attached hydrogen (secondary N) is 2. The first-order valence-electron chi connectivity index (χ1n) is 6.57. The summed E-state index contributed by atoms with van der Waals surface area (Å²) < 4.78 is 5.10. The third-order valence-electron chi connectivity index (χ3n) is 3.33. The van der Waals surface area contributed by atoms with Gasteiger partial charge in [-0.1, -0.05) is 19.9 Å². The second kappa shape index (κ2) is 5.59. The van der Waals surface area contributed by atoms with Crippen LogP contribution in [-0.4, -0.2) is 24.6 Å². The maximum absolute atomic E-state index is 11.1. The summed E-state index contributed by atoms with van der Waals surface area (Å²) in [7, 11) is 0. The van der Waals surface area contributed by atoms with Gasteiger partial charge in [-0.25, -0.2) is 4.79 Å². The lowest BCUT2D eigenvalue weighted by Gasteiger charge is -2.25. The van der Waals surface area contributed by atoms with E-state index in [2.05, 4.69) is 24.1 Å². The van der Waals surface area contributed by atoms with Gasteiger partial charge in [0.25, 0.3) is 0 Å². The highest BCUT2D eigenvalue weighted by Crippen LogP contribution is 2.25. The standard InChI is InChI=1S/C14H21N3O2/c1-14(2,9-16-7-3-6-15)10-4-5-11-12(8-10)19-13(18)17-11/h4-5,8,16H,3,6-7,9,15H2,1-2H3,(H,17,18). The number of hydrogen-bond acceptors (Lipinski definition) is 4. The smallest absolute Gasteiger partial charge is 0.408 e. The van der Waals surface area contributed by atoms with Gasteiger partial charge in [-0.2, -0.15) is 0 Å². The van der Waals surface area contributed by atoms with Crippen molar-refractivity contribution in [1.29, 1.82) is 0 Å². The molecule has 0 spiro atoms. The monoisotopic (exact) mass is 263 g/mol. The largest absolute Gasteiger partial charge is 0.417 e. The van der Waals surface area contributed by atoms with Gasteiger partial charge in [-0.3, -0.25) is 4.98 Å². The molecule has 5 heteroatoms. The number of benzene rings is 1. The molecular weight excluding hydrogens is 242 g/mol. The minimum atomic E-state index is -0.411. The Morgan fingerprint density at radius 1 is 1.42 bits per heavy atom. The molecule has 0 aliphatic heterocycles. The SMILES string of the molecule is CC(C)(CNCCCN)c1ccc2[nH]c(=O)oc2c1. The van der Waals surface area contributed by atoms with Crippen molar-refractivity contribution in [2.75, 3.05) is 19.6 Å². The van der Waals surface area contributed by atoms with Crippen LogP contribution >= 0.6 is 0 Å². The second-order valence-corrected chi connectivity index (χ2v) is 5.43. The average molecular weight is 263 g/mol. The van der Waals surface area contributed by atoms with Crippen molar-refractivity contribution in [2.45, 2.75) is 25.7 Å². The molecule has 0 saturated heterocycles. The van der Waals surface area contributed by atoms with E-state index < -0.39 is 5.76 Å². The number of aromatic amines is 1. The van der Waals surface area contributed by atoms with Crippen LogP contribution in [0.2, 0.25) is 0 Å². The molecule has 2 aromatic rings. The molecule has 0 amide bonds. The molecule has 0 fully saturated rings. The number of rotatable bonds is 6. The maximum atomic E-state index is 11.1. The van der Waals surface area contributed by atoms with Crippen LogP contribution in [-0.2, 0) is 5.41 Å². The molecular formula is C14H21N3O2. The Kier molecular flexibility index (Phi) is 4.07. The number of aromatic nitrogens is 1. The molecule has 1 aromatic carbocycles. The van der Waals surface area contributed by atoms with Crippen molar-refractivity contribution in [2.24, 2.45) is 5.73 Å². The van der Waals surface area contributed by atoms with Crippen molar-refractivity contribution < 1.29 is 4.42 Å². The fourth-order valence-electron chi connectivity index (χ4n) is 2.10. The minimum absolute atomic E-state index is 0.0291. The lowest BCUT2D eigenvalue weighted by molar-refractivity contribution is 0.466. The topological polar surface area (TPSA) is 84.0 Å². The van der Waals surface area contributed by atoms with Crippen molar-refractivity contribution in [3.8, 4) is 0 Å². The molecule has 1 aromatic heterocycles. The van der Waals surface area contributed by atoms with Gasteiger partial charge in [0.15, 0.2) is 5.58 Å². The van der Waals surface area contributed by atoms with E-state index in [1.165, 1.54) is 0 Å². The second-order valence-electron chi connectivity index (χ2n) is 5.43. The van der Waals surface area contributed by atoms with Crippen molar-refractivity contribution in [1.82, 2.24) is 10.3 Å². The molecule has 0 bridgehead atoms. The Morgan fingerprint density at radius 2 is 2.21 bits per heavy atom. The summed E-state index contributed by atoms with van der Waals surface area (Å²) in [6.45, 7) is 6.80. The van der Waals surface area contributed by atoms with Crippen LogP contribution in [0.15, 0.2) is 27.4 Å². The van der Waals surface area contributed by atoms with E-state index in [9.17, 15) is 4.79 Å². The van der Waals surface area contributed by atoms with Crippen LogP contribution in [0.3, 0.4) is 0 Å². The van der Waals surface area contributed by atoms with Crippen LogP contribution in [0, 0.1) is 0 Å². The predicted molar refractivity (Wildman–Crippen MR) is 76.4 cm³/mol. The highest BCUT2D eigenvalue weighted by Gasteiger charge is 2.21. The fraction of sp³-hybridized carbons (Fsp3) is 0.500. The van der Waals surface area contributed by atoms with Gasteiger partial charge in [-0.15, -0.1) is 0 Å². The van der Waals surface area contributed by atoms with Crippen LogP contribution in [0.25, 0.3) is 11.1 Å². The number of H-pyrrole nitrogens is 1. The van der Waals surface area contributed by atoms with Gasteiger partial charge >= 0.3 is 5.76 Å². The Bertz CT molecular complexity index is 598. The number of hydrogen-bond donors (Lipinski definition) is 3. The molecule has 0 radical (unpaired) electrons. The van der Waals surface area contributed by atoms with Gasteiger partial charge < -0.3 is 15.5 Å². The van der Waals surface area contributed by atoms with Crippen LogP contribution < -0.4 is 16.8 Å². The first-order chi connectivity index (χ1) is 9.03. The molecule has 19 heavy (non-hydrogen) atoms. The van der Waals surface area contributed by atoms with E-state index in [-0.39, 0.29) is 5.41 Å². The Hall–Kier alpha value is -1.59. The van der Waals surface area contributed by atoms with E-state index >= 15 is 0 Å². The molecule has 1 heterocycles. The number of fused-ring (bicyclic) bond motifs is 1. The maximum Gasteiger partial charge on any atom is 0.417 e. The summed E-state index contributed by atoms with van der Waals surface area (Å²) >= 11 is 0. The minimum Gasteiger partial charge on any atom is -0.408 e. The first-order valence-corrected chi connectivity index (χ1v) is 6.57. The van der Waals surface area contributed by atoms with Gasteiger partial charge in [0.2, 0.25) is 0 Å². The Balaban J connectivity index is 2.14. The van der Waals surface area contributed by atoms with E-state index in [0.29, 0.717) is 12.1 Å². The quantitative estimate of drug-likeness (QED) is 0.687. The lowest BCUT2D eigenvalue weighted by Crippen LogP contribution is -2.34. The van der Waals surface area contributed by atoms with E-state index in [4.69, 9.17) is 10.2 Å². The average Bonchev–Trinajstić information content (AvgIpc) is 2.73. The molecule has 5 nitrogen and oxygen atoms in total. The molecule has 0 saturated carbocycles. The van der Waals surface area contributed by atoms with Gasteiger partial charge in [0.1, 0.15) is 0 Å². The number of oxazole rings is 1. The summed E-state index contributed by atoms with van der Waals surface area (Å²) in [4.78, 5) is 13.8. The predicted octanol–water partition coefficient (Wildman–Crippen LogP) is 1.34. The molecule has 2 rings (SSSR count). The molecule has 0 unspecified atom stereocenters. The van der Waals surface area contributed by atoms with Gasteiger partial charge in [-0.05, 0) is 37.2 Å².